The maximum Gasteiger partial charge on any atom is 0.338 e. The zero-order valence-electron chi connectivity index (χ0n) is 19.8. The Morgan fingerprint density at radius 3 is 2.39 bits per heavy atom. The highest BCUT2D eigenvalue weighted by Crippen LogP contribution is 2.46. The smallest absolute Gasteiger partial charge is 0.338 e. The first-order valence-electron chi connectivity index (χ1n) is 11.7. The number of ether oxygens (including phenoxy) is 2. The maximum absolute atomic E-state index is 13.7. The fourth-order valence-corrected chi connectivity index (χ4v) is 4.71. The normalized spacial score (nSPS) is 14.6. The van der Waals surface area contributed by atoms with Gasteiger partial charge in [-0.15, -0.1) is 0 Å². The number of anilines is 1. The van der Waals surface area contributed by atoms with E-state index in [0.29, 0.717) is 34.3 Å². The van der Waals surface area contributed by atoms with E-state index in [4.69, 9.17) is 21.1 Å². The van der Waals surface area contributed by atoms with Gasteiger partial charge in [0.1, 0.15) is 11.4 Å². The van der Waals surface area contributed by atoms with Gasteiger partial charge in [0, 0.05) is 21.8 Å². The highest BCUT2D eigenvalue weighted by Gasteiger charge is 2.43. The molecule has 0 aliphatic carbocycles. The zero-order valence-corrected chi connectivity index (χ0v) is 20.6. The first kappa shape index (κ1) is 23.6. The van der Waals surface area contributed by atoms with Crippen LogP contribution in [0.2, 0.25) is 5.02 Å². The molecule has 0 bridgehead atoms. The van der Waals surface area contributed by atoms with Crippen molar-refractivity contribution in [2.24, 2.45) is 0 Å². The Morgan fingerprint density at radius 1 is 1.00 bits per heavy atom. The molecule has 8 heteroatoms. The summed E-state index contributed by atoms with van der Waals surface area (Å²) in [5.74, 6) is 0.116. The quantitative estimate of drug-likeness (QED) is 0.311. The van der Waals surface area contributed by atoms with Crippen LogP contribution in [0.4, 0.5) is 5.69 Å². The number of hydrogen-bond donors (Lipinski definition) is 1. The number of fused-ring (bicyclic) bond motifs is 1. The van der Waals surface area contributed by atoms with Gasteiger partial charge in [0.25, 0.3) is 5.91 Å². The number of carbonyl (C=O) groups excluding carboxylic acids is 2. The van der Waals surface area contributed by atoms with Gasteiger partial charge in [-0.2, -0.15) is 5.10 Å². The molecular formula is C28H24ClN3O4. The molecule has 0 fully saturated rings. The van der Waals surface area contributed by atoms with Crippen LogP contribution in [0.25, 0.3) is 11.3 Å². The van der Waals surface area contributed by atoms with Crippen molar-refractivity contribution in [2.75, 3.05) is 18.1 Å². The molecular weight excluding hydrogens is 478 g/mol. The molecule has 0 saturated carbocycles. The van der Waals surface area contributed by atoms with Crippen molar-refractivity contribution in [3.63, 3.8) is 0 Å². The van der Waals surface area contributed by atoms with Crippen molar-refractivity contribution >= 4 is 29.2 Å². The number of esters is 1. The molecule has 1 aliphatic heterocycles. The molecule has 4 aromatic rings. The summed E-state index contributed by atoms with van der Waals surface area (Å²) in [6.07, 6.45) is 0. The number of aromatic amines is 1. The van der Waals surface area contributed by atoms with Crippen LogP contribution in [0.3, 0.4) is 0 Å². The Labute approximate surface area is 213 Å². The van der Waals surface area contributed by atoms with Gasteiger partial charge in [-0.25, -0.2) is 4.79 Å². The van der Waals surface area contributed by atoms with E-state index in [1.165, 1.54) is 0 Å². The number of rotatable bonds is 7. The monoisotopic (exact) mass is 501 g/mol. The lowest BCUT2D eigenvalue weighted by molar-refractivity contribution is 0.0526. The fourth-order valence-electron chi connectivity index (χ4n) is 4.47. The number of H-pyrrole nitrogens is 1. The number of benzene rings is 3. The van der Waals surface area contributed by atoms with Gasteiger partial charge in [0.15, 0.2) is 0 Å². The van der Waals surface area contributed by atoms with E-state index in [1.807, 2.05) is 49.4 Å². The minimum atomic E-state index is -0.519. The van der Waals surface area contributed by atoms with Gasteiger partial charge in [-0.1, -0.05) is 29.8 Å². The molecule has 1 amide bonds. The Kier molecular flexibility index (Phi) is 6.48. The molecule has 1 aliphatic rings. The minimum absolute atomic E-state index is 0.233. The molecule has 182 valence electrons. The molecule has 3 aromatic carbocycles. The molecule has 1 aromatic heterocycles. The topological polar surface area (TPSA) is 84.5 Å². The number of amides is 1. The van der Waals surface area contributed by atoms with Gasteiger partial charge in [-0.05, 0) is 74.0 Å². The van der Waals surface area contributed by atoms with E-state index in [-0.39, 0.29) is 12.5 Å². The highest BCUT2D eigenvalue weighted by atomic mass is 35.5. The number of carbonyl (C=O) groups is 2. The Hall–Kier alpha value is -4.10. The van der Waals surface area contributed by atoms with Crippen molar-refractivity contribution < 1.29 is 19.1 Å². The van der Waals surface area contributed by atoms with E-state index >= 15 is 0 Å². The van der Waals surface area contributed by atoms with Gasteiger partial charge in [-0.3, -0.25) is 14.8 Å². The molecule has 7 nitrogen and oxygen atoms in total. The van der Waals surface area contributed by atoms with E-state index in [9.17, 15) is 9.59 Å². The lowest BCUT2D eigenvalue weighted by Crippen LogP contribution is -2.29. The van der Waals surface area contributed by atoms with Crippen LogP contribution < -0.4 is 9.64 Å². The summed E-state index contributed by atoms with van der Waals surface area (Å²) in [6.45, 7) is 4.55. The fraction of sp³-hybridized carbons (Fsp3) is 0.179. The number of hydrogen-bond acceptors (Lipinski definition) is 5. The van der Waals surface area contributed by atoms with Crippen LogP contribution in [-0.2, 0) is 4.74 Å². The third-order valence-electron chi connectivity index (χ3n) is 6.06. The van der Waals surface area contributed by atoms with Crippen LogP contribution in [0.1, 0.15) is 51.9 Å². The average molecular weight is 502 g/mol. The first-order chi connectivity index (χ1) is 17.5. The summed E-state index contributed by atoms with van der Waals surface area (Å²) < 4.78 is 10.7. The second-order valence-corrected chi connectivity index (χ2v) is 8.59. The molecule has 2 heterocycles. The molecule has 0 saturated heterocycles. The van der Waals surface area contributed by atoms with Crippen LogP contribution in [-0.4, -0.2) is 35.3 Å². The van der Waals surface area contributed by atoms with Crippen LogP contribution in [0, 0.1) is 0 Å². The lowest BCUT2D eigenvalue weighted by atomic mass is 9.95. The predicted molar refractivity (Wildman–Crippen MR) is 138 cm³/mol. The van der Waals surface area contributed by atoms with Crippen molar-refractivity contribution in [3.8, 4) is 17.0 Å². The summed E-state index contributed by atoms with van der Waals surface area (Å²) in [6, 6.07) is 21.3. The molecule has 36 heavy (non-hydrogen) atoms. The summed E-state index contributed by atoms with van der Waals surface area (Å²) >= 11 is 6.65. The van der Waals surface area contributed by atoms with Gasteiger partial charge >= 0.3 is 5.97 Å². The van der Waals surface area contributed by atoms with Crippen LogP contribution in [0.15, 0.2) is 72.8 Å². The standard InChI is InChI=1S/C28H24ClN3O4/c1-3-35-20-15-11-17(12-16-20)24-23-25(31-30-24)27(33)32(26(23)21-7-5-6-8-22(21)29)19-13-9-18(10-14-19)28(34)36-4-2/h5-16,26H,3-4H2,1-2H3,(H,30,31)/t26-/m1/s1. The largest absolute Gasteiger partial charge is 0.494 e. The Morgan fingerprint density at radius 2 is 1.72 bits per heavy atom. The molecule has 1 atom stereocenters. The van der Waals surface area contributed by atoms with E-state index in [1.54, 1.807) is 42.2 Å². The third kappa shape index (κ3) is 4.12. The summed E-state index contributed by atoms with van der Waals surface area (Å²) in [5, 5.41) is 7.99. The SMILES string of the molecule is CCOC(=O)c1ccc(N2C(=O)c3[nH]nc(-c4ccc(OCC)cc4)c3[C@H]2c2ccccc2Cl)cc1. The lowest BCUT2D eigenvalue weighted by Gasteiger charge is -2.27. The van der Waals surface area contributed by atoms with Crippen molar-refractivity contribution in [3.05, 3.63) is 100 Å². The van der Waals surface area contributed by atoms with E-state index in [2.05, 4.69) is 10.2 Å². The minimum Gasteiger partial charge on any atom is -0.494 e. The van der Waals surface area contributed by atoms with Gasteiger partial charge in [0.05, 0.1) is 30.5 Å². The second kappa shape index (κ2) is 9.87. The number of halogens is 1. The predicted octanol–water partition coefficient (Wildman–Crippen LogP) is 6.06. The average Bonchev–Trinajstić information content (AvgIpc) is 3.44. The number of nitrogens with zero attached hydrogens (tertiary/aromatic N) is 2. The zero-order chi connectivity index (χ0) is 25.2. The molecule has 1 N–H and O–H groups in total. The van der Waals surface area contributed by atoms with E-state index < -0.39 is 12.0 Å². The Bertz CT molecular complexity index is 1410. The van der Waals surface area contributed by atoms with Crippen LogP contribution >= 0.6 is 11.6 Å². The molecule has 0 spiro atoms. The summed E-state index contributed by atoms with van der Waals surface area (Å²) in [7, 11) is 0. The van der Waals surface area contributed by atoms with Crippen molar-refractivity contribution in [2.45, 2.75) is 19.9 Å². The van der Waals surface area contributed by atoms with Crippen molar-refractivity contribution in [1.82, 2.24) is 10.2 Å². The summed E-state index contributed by atoms with van der Waals surface area (Å²) in [4.78, 5) is 27.5. The van der Waals surface area contributed by atoms with E-state index in [0.717, 1.165) is 22.4 Å². The number of nitrogens with one attached hydrogen (secondary N) is 1. The molecule has 5 rings (SSSR count). The second-order valence-electron chi connectivity index (χ2n) is 8.18. The van der Waals surface area contributed by atoms with Gasteiger partial charge < -0.3 is 9.47 Å². The van der Waals surface area contributed by atoms with Gasteiger partial charge in [0.2, 0.25) is 0 Å². The summed E-state index contributed by atoms with van der Waals surface area (Å²) in [5.41, 5.74) is 4.47. The van der Waals surface area contributed by atoms with Crippen LogP contribution in [0.5, 0.6) is 5.75 Å². The maximum atomic E-state index is 13.7. The highest BCUT2D eigenvalue weighted by molar-refractivity contribution is 6.31. The molecule has 0 radical (unpaired) electrons. The first-order valence-corrected chi connectivity index (χ1v) is 12.1. The Balaban J connectivity index is 1.61. The third-order valence-corrected chi connectivity index (χ3v) is 6.41. The molecule has 0 unspecified atom stereocenters. The number of aromatic nitrogens is 2. The van der Waals surface area contributed by atoms with Crippen molar-refractivity contribution in [1.29, 1.82) is 0 Å².